The Hall–Kier alpha value is -2.49. The number of thioether (sulfide) groups is 2. The summed E-state index contributed by atoms with van der Waals surface area (Å²) >= 11 is 3.02. The standard InChI is InChI=1S/C30H38N4O7S4Si2/c1-23-7-11-27(12-8-23)44(35,36)39-19-25-15-31-29(32-16-25)42-21-46(3,4)41-47(5,6)22-43-30-33-17-26(18-34-30)20-40-45(37,38)28-13-9-24(2)10-14-28/h7-18H,19-22H2,1-6H3. The fourth-order valence-corrected chi connectivity index (χ4v) is 17.7. The fourth-order valence-electron chi connectivity index (χ4n) is 4.10. The van der Waals surface area contributed by atoms with E-state index in [0.29, 0.717) is 21.4 Å². The smallest absolute Gasteiger partial charge is 0.297 e. The second-order valence-electron chi connectivity index (χ2n) is 12.0. The normalized spacial score (nSPS) is 12.7. The molecule has 0 fully saturated rings. The molecule has 0 bridgehead atoms. The van der Waals surface area contributed by atoms with Gasteiger partial charge in [0.05, 0.1) is 23.0 Å². The molecular formula is C30H38N4O7S4Si2. The number of benzene rings is 2. The summed E-state index contributed by atoms with van der Waals surface area (Å²) in [5.41, 5.74) is 3.03. The Bertz CT molecular complexity index is 1710. The minimum atomic E-state index is -3.88. The SMILES string of the molecule is Cc1ccc(S(=O)(=O)OCc2cnc(SC[Si](C)(C)O[Si](C)(C)CSc3ncc(COS(=O)(=O)c4ccc(C)cc4)cn3)nc2)cc1. The molecule has 11 nitrogen and oxygen atoms in total. The van der Waals surface area contributed by atoms with Crippen molar-refractivity contribution in [3.05, 3.63) is 95.6 Å². The Kier molecular flexibility index (Phi) is 12.6. The summed E-state index contributed by atoms with van der Waals surface area (Å²) in [5, 5.41) is 2.64. The molecule has 0 aliphatic rings. The number of hydrogen-bond acceptors (Lipinski definition) is 13. The van der Waals surface area contributed by atoms with E-state index in [9.17, 15) is 16.8 Å². The van der Waals surface area contributed by atoms with Crippen molar-refractivity contribution in [1.29, 1.82) is 0 Å². The number of hydrogen-bond donors (Lipinski definition) is 0. The first-order valence-corrected chi connectivity index (χ1v) is 25.5. The van der Waals surface area contributed by atoms with Gasteiger partial charge >= 0.3 is 0 Å². The summed E-state index contributed by atoms with van der Waals surface area (Å²) < 4.78 is 66.9. The highest BCUT2D eigenvalue weighted by molar-refractivity contribution is 8.01. The predicted octanol–water partition coefficient (Wildman–Crippen LogP) is 6.08. The average molecular weight is 751 g/mol. The second kappa shape index (κ2) is 15.8. The topological polar surface area (TPSA) is 148 Å². The van der Waals surface area contributed by atoms with Gasteiger partial charge in [-0.1, -0.05) is 58.9 Å². The Balaban J connectivity index is 1.21. The molecule has 2 aromatic carbocycles. The van der Waals surface area contributed by atoms with Crippen LogP contribution in [0.3, 0.4) is 0 Å². The number of nitrogens with zero attached hydrogens (tertiary/aromatic N) is 4. The maximum atomic E-state index is 12.4. The molecule has 0 spiro atoms. The van der Waals surface area contributed by atoms with Gasteiger partial charge in [0.25, 0.3) is 20.2 Å². The lowest BCUT2D eigenvalue weighted by molar-refractivity contribution is 0.306. The maximum Gasteiger partial charge on any atom is 0.297 e. The fraction of sp³-hybridized carbons (Fsp3) is 0.333. The van der Waals surface area contributed by atoms with E-state index in [0.717, 1.165) is 21.9 Å². The van der Waals surface area contributed by atoms with Gasteiger partial charge < -0.3 is 4.12 Å². The minimum Gasteiger partial charge on any atom is -0.454 e. The lowest BCUT2D eigenvalue weighted by atomic mass is 10.2. The highest BCUT2D eigenvalue weighted by Gasteiger charge is 2.34. The van der Waals surface area contributed by atoms with E-state index in [1.807, 2.05) is 13.8 Å². The van der Waals surface area contributed by atoms with Crippen molar-refractivity contribution < 1.29 is 29.3 Å². The highest BCUT2D eigenvalue weighted by Crippen LogP contribution is 2.26. The summed E-state index contributed by atoms with van der Waals surface area (Å²) in [6.07, 6.45) is 6.30. The first kappa shape index (κ1) is 37.3. The lowest BCUT2D eigenvalue weighted by Crippen LogP contribution is -2.48. The first-order chi connectivity index (χ1) is 22.0. The Labute approximate surface area is 287 Å². The van der Waals surface area contributed by atoms with Crippen LogP contribution < -0.4 is 0 Å². The molecule has 252 valence electrons. The van der Waals surface area contributed by atoms with E-state index in [1.54, 1.807) is 49.1 Å². The molecule has 0 radical (unpaired) electrons. The third kappa shape index (κ3) is 11.9. The van der Waals surface area contributed by atoms with Crippen LogP contribution in [0.5, 0.6) is 0 Å². The van der Waals surface area contributed by atoms with Gasteiger partial charge in [-0.2, -0.15) is 16.8 Å². The van der Waals surface area contributed by atoms with E-state index >= 15 is 0 Å². The molecule has 2 heterocycles. The number of aromatic nitrogens is 4. The van der Waals surface area contributed by atoms with E-state index < -0.39 is 36.9 Å². The van der Waals surface area contributed by atoms with Crippen LogP contribution >= 0.6 is 23.5 Å². The van der Waals surface area contributed by atoms with Crippen molar-refractivity contribution >= 4 is 60.4 Å². The van der Waals surface area contributed by atoms with Crippen LogP contribution in [0.4, 0.5) is 0 Å². The van der Waals surface area contributed by atoms with Gasteiger partial charge in [0.15, 0.2) is 26.9 Å². The summed E-state index contributed by atoms with van der Waals surface area (Å²) in [6.45, 7) is 12.1. The van der Waals surface area contributed by atoms with Crippen LogP contribution in [-0.4, -0.2) is 64.2 Å². The first-order valence-electron chi connectivity index (χ1n) is 14.5. The van der Waals surface area contributed by atoms with Gasteiger partial charge in [-0.3, -0.25) is 8.37 Å². The minimum absolute atomic E-state index is 0.105. The molecule has 17 heteroatoms. The van der Waals surface area contributed by atoms with Crippen LogP contribution in [-0.2, 0) is 45.9 Å². The Morgan fingerprint density at radius 1 is 0.574 bits per heavy atom. The van der Waals surface area contributed by atoms with Gasteiger partial charge in [0.2, 0.25) is 0 Å². The molecule has 0 atom stereocenters. The molecule has 4 rings (SSSR count). The summed E-state index contributed by atoms with van der Waals surface area (Å²) in [6, 6.07) is 13.0. The Morgan fingerprint density at radius 3 is 1.21 bits per heavy atom. The molecule has 0 saturated heterocycles. The van der Waals surface area contributed by atoms with Crippen molar-refractivity contribution in [1.82, 2.24) is 19.9 Å². The molecule has 2 aromatic heterocycles. The zero-order chi connectivity index (χ0) is 34.3. The van der Waals surface area contributed by atoms with Crippen LogP contribution in [0, 0.1) is 13.8 Å². The van der Waals surface area contributed by atoms with E-state index in [1.165, 1.54) is 47.8 Å². The monoisotopic (exact) mass is 750 g/mol. The average Bonchev–Trinajstić information content (AvgIpc) is 3.02. The number of aryl methyl sites for hydroxylation is 2. The lowest BCUT2D eigenvalue weighted by Gasteiger charge is -2.33. The van der Waals surface area contributed by atoms with Gasteiger partial charge in [-0.05, 0) is 64.3 Å². The third-order valence-corrected chi connectivity index (χ3v) is 21.0. The van der Waals surface area contributed by atoms with Gasteiger partial charge in [0, 0.05) is 46.7 Å². The van der Waals surface area contributed by atoms with Crippen LogP contribution in [0.1, 0.15) is 22.3 Å². The summed E-state index contributed by atoms with van der Waals surface area (Å²) in [7, 11) is -12.0. The quantitative estimate of drug-likeness (QED) is 0.0564. The van der Waals surface area contributed by atoms with Crippen molar-refractivity contribution in [2.24, 2.45) is 0 Å². The van der Waals surface area contributed by atoms with Crippen molar-refractivity contribution in [3.8, 4) is 0 Å². The Morgan fingerprint density at radius 2 is 0.894 bits per heavy atom. The molecule has 0 amide bonds. The predicted molar refractivity (Wildman–Crippen MR) is 188 cm³/mol. The molecule has 0 aliphatic carbocycles. The maximum absolute atomic E-state index is 12.4. The molecular weight excluding hydrogens is 713 g/mol. The second-order valence-corrected chi connectivity index (χ2v) is 26.7. The van der Waals surface area contributed by atoms with Crippen molar-refractivity contribution in [3.63, 3.8) is 0 Å². The van der Waals surface area contributed by atoms with Gasteiger partial charge in [-0.15, -0.1) is 0 Å². The zero-order valence-corrected chi connectivity index (χ0v) is 32.3. The third-order valence-electron chi connectivity index (χ3n) is 6.39. The largest absolute Gasteiger partial charge is 0.454 e. The molecule has 0 N–H and O–H groups in total. The van der Waals surface area contributed by atoms with Crippen molar-refractivity contribution in [2.75, 3.05) is 10.8 Å². The summed E-state index contributed by atoms with van der Waals surface area (Å²) in [5.74, 6) is 0. The van der Waals surface area contributed by atoms with Crippen LogP contribution in [0.2, 0.25) is 26.2 Å². The van der Waals surface area contributed by atoms with E-state index in [-0.39, 0.29) is 23.0 Å². The van der Waals surface area contributed by atoms with E-state index in [4.69, 9.17) is 12.5 Å². The van der Waals surface area contributed by atoms with Crippen LogP contribution in [0.15, 0.2) is 93.4 Å². The van der Waals surface area contributed by atoms with E-state index in [2.05, 4.69) is 46.1 Å². The molecule has 47 heavy (non-hydrogen) atoms. The van der Waals surface area contributed by atoms with Gasteiger partial charge in [-0.25, -0.2) is 19.9 Å². The highest BCUT2D eigenvalue weighted by atomic mass is 32.2. The zero-order valence-electron chi connectivity index (χ0n) is 27.0. The van der Waals surface area contributed by atoms with Crippen LogP contribution in [0.25, 0.3) is 0 Å². The van der Waals surface area contributed by atoms with Crippen molar-refractivity contribution in [2.45, 2.75) is 73.4 Å². The summed E-state index contributed by atoms with van der Waals surface area (Å²) in [4.78, 5) is 17.7. The molecule has 4 aromatic rings. The molecule has 0 unspecified atom stereocenters. The molecule has 0 aliphatic heterocycles. The van der Waals surface area contributed by atoms with Gasteiger partial charge in [0.1, 0.15) is 0 Å². The number of rotatable bonds is 16. The molecule has 0 saturated carbocycles.